The van der Waals surface area contributed by atoms with E-state index in [1.807, 2.05) is 17.6 Å². The molecule has 7 heteroatoms. The molecule has 1 aliphatic rings. The van der Waals surface area contributed by atoms with Gasteiger partial charge in [-0.15, -0.1) is 0 Å². The Kier molecular flexibility index (Phi) is 7.26. The minimum absolute atomic E-state index is 0.0728. The maximum absolute atomic E-state index is 11.9. The molecule has 0 aromatic carbocycles. The molecular weight excluding hydrogens is 290 g/mol. The molecule has 3 N–H and O–H groups in total. The van der Waals surface area contributed by atoms with E-state index in [0.29, 0.717) is 4.91 Å². The Bertz CT molecular complexity index is 404. The van der Waals surface area contributed by atoms with Crippen LogP contribution in [0.2, 0.25) is 0 Å². The highest BCUT2D eigenvalue weighted by Crippen LogP contribution is 2.41. The van der Waals surface area contributed by atoms with E-state index in [-0.39, 0.29) is 18.6 Å². The maximum Gasteiger partial charge on any atom is 0.320 e. The second-order valence-electron chi connectivity index (χ2n) is 3.40. The normalized spacial score (nSPS) is 17.3. The van der Waals surface area contributed by atoms with E-state index in [1.54, 1.807) is 12.2 Å². The lowest BCUT2D eigenvalue weighted by Gasteiger charge is -2.06. The predicted octanol–water partition coefficient (Wildman–Crippen LogP) is 2.74. The quantitative estimate of drug-likeness (QED) is 0.756. The summed E-state index contributed by atoms with van der Waals surface area (Å²) in [6, 6.07) is -0.977. The van der Waals surface area contributed by atoms with Crippen LogP contribution >= 0.6 is 31.4 Å². The van der Waals surface area contributed by atoms with Crippen LogP contribution < -0.4 is 5.73 Å². The summed E-state index contributed by atoms with van der Waals surface area (Å²) in [6.45, 7) is 0. The molecule has 0 fully saturated rings. The predicted molar refractivity (Wildman–Crippen MR) is 79.0 cm³/mol. The zero-order chi connectivity index (χ0) is 13.4. The Morgan fingerprint density at radius 1 is 1.33 bits per heavy atom. The second-order valence-corrected chi connectivity index (χ2v) is 7.32. The third-order valence-electron chi connectivity index (χ3n) is 2.04. The summed E-state index contributed by atoms with van der Waals surface area (Å²) in [5, 5.41) is 10.6. The molecule has 0 aromatic heterocycles. The van der Waals surface area contributed by atoms with Gasteiger partial charge >= 0.3 is 5.97 Å². The highest BCUT2D eigenvalue weighted by atomic mass is 33.5. The van der Waals surface area contributed by atoms with Crippen molar-refractivity contribution in [2.24, 2.45) is 5.73 Å². The fraction of sp³-hybridized carbons (Fsp3) is 0.273. The second kappa shape index (κ2) is 8.47. The summed E-state index contributed by atoms with van der Waals surface area (Å²) in [7, 11) is 4.40. The standard InChI is InChI=1S/C11H13NO3S3/c12-8(11(14)15)5-6-9(13)10-4-2-1-3-7-16-18-17-10/h1-4,7-8H,5-6,12H2,(H,14,15). The van der Waals surface area contributed by atoms with Gasteiger partial charge in [0.1, 0.15) is 6.04 Å². The number of carbonyl (C=O) groups excluding carboxylic acids is 1. The van der Waals surface area contributed by atoms with E-state index in [2.05, 4.69) is 0 Å². The zero-order valence-electron chi connectivity index (χ0n) is 9.44. The molecule has 1 atom stereocenters. The van der Waals surface area contributed by atoms with E-state index < -0.39 is 12.0 Å². The van der Waals surface area contributed by atoms with Crippen molar-refractivity contribution in [2.45, 2.75) is 18.9 Å². The van der Waals surface area contributed by atoms with Crippen LogP contribution in [0, 0.1) is 0 Å². The molecule has 0 aliphatic carbocycles. The molecule has 0 radical (unpaired) electrons. The first-order valence-corrected chi connectivity index (χ1v) is 8.71. The minimum Gasteiger partial charge on any atom is -0.480 e. The Labute approximate surface area is 117 Å². The summed E-state index contributed by atoms with van der Waals surface area (Å²) in [6.07, 6.45) is 7.58. The van der Waals surface area contributed by atoms with Crippen LogP contribution in [0.4, 0.5) is 0 Å². The number of hydrogen-bond donors (Lipinski definition) is 2. The summed E-state index contributed by atoms with van der Waals surface area (Å²) in [4.78, 5) is 23.1. The molecule has 0 spiro atoms. The summed E-state index contributed by atoms with van der Waals surface area (Å²) < 4.78 is 0. The van der Waals surface area contributed by atoms with Gasteiger partial charge in [0.2, 0.25) is 0 Å². The number of allylic oxidation sites excluding steroid dienone is 5. The topological polar surface area (TPSA) is 80.4 Å². The number of carbonyl (C=O) groups is 2. The van der Waals surface area contributed by atoms with E-state index in [0.717, 1.165) is 0 Å². The van der Waals surface area contributed by atoms with Crippen LogP contribution in [0.15, 0.2) is 34.6 Å². The number of carboxylic acid groups (broad SMARTS) is 1. The summed E-state index contributed by atoms with van der Waals surface area (Å²) in [5.41, 5.74) is 5.36. The van der Waals surface area contributed by atoms with Gasteiger partial charge in [0, 0.05) is 6.42 Å². The Hall–Kier alpha value is -0.630. The Balaban J connectivity index is 2.54. The number of carboxylic acids is 1. The Morgan fingerprint density at radius 3 is 2.83 bits per heavy atom. The fourth-order valence-electron chi connectivity index (χ4n) is 1.06. The molecule has 1 rings (SSSR count). The fourth-order valence-corrected chi connectivity index (χ4v) is 4.24. The first kappa shape index (κ1) is 15.4. The number of aliphatic carboxylic acids is 1. The number of nitrogens with two attached hydrogens (primary N) is 1. The van der Waals surface area contributed by atoms with E-state index in [1.165, 1.54) is 31.4 Å². The lowest BCUT2D eigenvalue weighted by atomic mass is 10.1. The largest absolute Gasteiger partial charge is 0.480 e. The number of Topliss-reactive ketones (excluding diaryl/α,β-unsaturated/α-hetero) is 1. The van der Waals surface area contributed by atoms with Crippen molar-refractivity contribution in [2.75, 3.05) is 0 Å². The SMILES string of the molecule is NC(CCC(=O)C1=CC=CC=CSSS1)C(=O)O. The number of ketones is 1. The molecular formula is C11H13NO3S3. The van der Waals surface area contributed by atoms with Gasteiger partial charge in [-0.05, 0) is 38.5 Å². The van der Waals surface area contributed by atoms with Crippen LogP contribution in [-0.4, -0.2) is 22.9 Å². The lowest BCUT2D eigenvalue weighted by molar-refractivity contribution is -0.138. The molecule has 18 heavy (non-hydrogen) atoms. The van der Waals surface area contributed by atoms with E-state index in [4.69, 9.17) is 10.8 Å². The van der Waals surface area contributed by atoms with Gasteiger partial charge in [-0.2, -0.15) is 0 Å². The molecule has 1 heterocycles. The molecule has 0 amide bonds. The summed E-state index contributed by atoms with van der Waals surface area (Å²) >= 11 is 0. The molecule has 0 saturated heterocycles. The first-order valence-electron chi connectivity index (χ1n) is 5.16. The van der Waals surface area contributed by atoms with Crippen molar-refractivity contribution in [1.29, 1.82) is 0 Å². The maximum atomic E-state index is 11.9. The van der Waals surface area contributed by atoms with Gasteiger partial charge in [-0.25, -0.2) is 0 Å². The minimum atomic E-state index is -1.08. The van der Waals surface area contributed by atoms with Gasteiger partial charge in [0.05, 0.1) is 4.91 Å². The first-order chi connectivity index (χ1) is 8.61. The van der Waals surface area contributed by atoms with E-state index >= 15 is 0 Å². The van der Waals surface area contributed by atoms with E-state index in [9.17, 15) is 9.59 Å². The van der Waals surface area contributed by atoms with Gasteiger partial charge in [0.15, 0.2) is 5.78 Å². The van der Waals surface area contributed by atoms with Crippen molar-refractivity contribution < 1.29 is 14.7 Å². The van der Waals surface area contributed by atoms with Crippen LogP contribution in [0.1, 0.15) is 12.8 Å². The molecule has 98 valence electrons. The third kappa shape index (κ3) is 5.81. The lowest BCUT2D eigenvalue weighted by Crippen LogP contribution is -2.30. The summed E-state index contributed by atoms with van der Waals surface area (Å²) in [5.74, 6) is -1.15. The molecule has 1 unspecified atom stereocenters. The van der Waals surface area contributed by atoms with Gasteiger partial charge in [-0.3, -0.25) is 9.59 Å². The van der Waals surface area contributed by atoms with Gasteiger partial charge < -0.3 is 10.8 Å². The third-order valence-corrected chi connectivity index (χ3v) is 5.63. The van der Waals surface area contributed by atoms with Crippen LogP contribution in [-0.2, 0) is 9.59 Å². The molecule has 0 saturated carbocycles. The van der Waals surface area contributed by atoms with Crippen molar-refractivity contribution >= 4 is 43.2 Å². The van der Waals surface area contributed by atoms with Crippen molar-refractivity contribution in [3.63, 3.8) is 0 Å². The Morgan fingerprint density at radius 2 is 2.11 bits per heavy atom. The number of hydrogen-bond acceptors (Lipinski definition) is 6. The average molecular weight is 303 g/mol. The highest BCUT2D eigenvalue weighted by molar-refractivity contribution is 9.10. The van der Waals surface area contributed by atoms with Crippen molar-refractivity contribution in [1.82, 2.24) is 0 Å². The van der Waals surface area contributed by atoms with Crippen molar-refractivity contribution in [3.05, 3.63) is 34.6 Å². The molecule has 0 bridgehead atoms. The van der Waals surface area contributed by atoms with Crippen molar-refractivity contribution in [3.8, 4) is 0 Å². The number of rotatable bonds is 5. The molecule has 1 aliphatic heterocycles. The van der Waals surface area contributed by atoms with Crippen LogP contribution in [0.5, 0.6) is 0 Å². The molecule has 4 nitrogen and oxygen atoms in total. The van der Waals surface area contributed by atoms with Gasteiger partial charge in [-0.1, -0.05) is 29.0 Å². The highest BCUT2D eigenvalue weighted by Gasteiger charge is 2.16. The van der Waals surface area contributed by atoms with Crippen LogP contribution in [0.3, 0.4) is 0 Å². The van der Waals surface area contributed by atoms with Crippen LogP contribution in [0.25, 0.3) is 0 Å². The monoisotopic (exact) mass is 303 g/mol. The molecule has 0 aromatic rings. The zero-order valence-corrected chi connectivity index (χ0v) is 11.9. The smallest absolute Gasteiger partial charge is 0.320 e. The average Bonchev–Trinajstić information content (AvgIpc) is 2.48. The van der Waals surface area contributed by atoms with Gasteiger partial charge in [0.25, 0.3) is 0 Å².